The minimum atomic E-state index is 1.05. The molecule has 82 valence electrons. The van der Waals surface area contributed by atoms with Gasteiger partial charge in [-0.15, -0.1) is 13.2 Å². The lowest BCUT2D eigenvalue weighted by Gasteiger charge is -2.18. The van der Waals surface area contributed by atoms with E-state index in [-0.39, 0.29) is 0 Å². The van der Waals surface area contributed by atoms with Crippen molar-refractivity contribution in [2.75, 3.05) is 19.0 Å². The van der Waals surface area contributed by atoms with Gasteiger partial charge in [-0.3, -0.25) is 0 Å². The predicted molar refractivity (Wildman–Crippen MR) is 71.5 cm³/mol. The Morgan fingerprint density at radius 3 is 2.27 bits per heavy atom. The van der Waals surface area contributed by atoms with Gasteiger partial charge in [-0.1, -0.05) is 31.7 Å². The second kappa shape index (κ2) is 6.88. The van der Waals surface area contributed by atoms with Crippen LogP contribution in [-0.4, -0.2) is 14.1 Å². The Balaban J connectivity index is 0.000000921. The molecule has 0 heterocycles. The molecular formula is C14H21N. The molecular weight excluding hydrogens is 182 g/mol. The van der Waals surface area contributed by atoms with Crippen LogP contribution >= 0.6 is 0 Å². The highest BCUT2D eigenvalue weighted by Gasteiger charge is 2.04. The number of benzene rings is 1. The van der Waals surface area contributed by atoms with Gasteiger partial charge in [0.1, 0.15) is 0 Å². The van der Waals surface area contributed by atoms with Gasteiger partial charge in [-0.05, 0) is 23.6 Å². The van der Waals surface area contributed by atoms with E-state index in [4.69, 9.17) is 0 Å². The zero-order chi connectivity index (χ0) is 11.8. The number of hydrogen-bond acceptors (Lipinski definition) is 1. The van der Waals surface area contributed by atoms with Crippen LogP contribution in [0.25, 0.3) is 6.08 Å². The second-order valence-corrected chi connectivity index (χ2v) is 3.30. The molecule has 1 aromatic rings. The molecule has 0 saturated carbocycles. The molecule has 1 heteroatoms. The minimum absolute atomic E-state index is 1.05. The van der Waals surface area contributed by atoms with E-state index >= 15 is 0 Å². The smallest absolute Gasteiger partial charge is 0.0399 e. The van der Waals surface area contributed by atoms with Crippen molar-refractivity contribution in [2.24, 2.45) is 0 Å². The quantitative estimate of drug-likeness (QED) is 0.676. The number of rotatable bonds is 3. The van der Waals surface area contributed by atoms with E-state index in [0.717, 1.165) is 6.42 Å². The highest BCUT2D eigenvalue weighted by Crippen LogP contribution is 2.23. The summed E-state index contributed by atoms with van der Waals surface area (Å²) in [6, 6.07) is 6.33. The second-order valence-electron chi connectivity index (χ2n) is 3.30. The molecule has 0 aliphatic carbocycles. The Kier molecular flexibility index (Phi) is 6.19. The summed E-state index contributed by atoms with van der Waals surface area (Å²) in [5.41, 5.74) is 3.91. The van der Waals surface area contributed by atoms with Crippen LogP contribution in [0.2, 0.25) is 0 Å². The van der Waals surface area contributed by atoms with Crippen LogP contribution in [0.15, 0.2) is 37.9 Å². The van der Waals surface area contributed by atoms with E-state index in [9.17, 15) is 0 Å². The van der Waals surface area contributed by atoms with E-state index in [1.54, 1.807) is 0 Å². The lowest BCUT2D eigenvalue weighted by Crippen LogP contribution is -2.11. The van der Waals surface area contributed by atoms with Crippen molar-refractivity contribution < 1.29 is 0 Å². The molecule has 1 nitrogen and oxygen atoms in total. The van der Waals surface area contributed by atoms with Gasteiger partial charge < -0.3 is 4.90 Å². The summed E-state index contributed by atoms with van der Waals surface area (Å²) >= 11 is 0. The third-order valence-electron chi connectivity index (χ3n) is 2.24. The molecule has 15 heavy (non-hydrogen) atoms. The number of nitrogens with zero attached hydrogens (tertiary/aromatic N) is 1. The van der Waals surface area contributed by atoms with Crippen LogP contribution in [0.4, 0.5) is 5.69 Å². The standard InChI is InChI=1S/C12H17N.C2H4/c1-5-10-8-7-9-12(13(3)4)11(10)6-2;1-2/h5,7-9H,1,6H2,2-4H3;1-2H2. The minimum Gasteiger partial charge on any atom is -0.377 e. The van der Waals surface area contributed by atoms with Gasteiger partial charge in [0, 0.05) is 19.8 Å². The molecule has 0 bridgehead atoms. The topological polar surface area (TPSA) is 3.24 Å². The SMILES string of the molecule is C=C.C=Cc1cccc(N(C)C)c1CC. The Labute approximate surface area is 93.7 Å². The van der Waals surface area contributed by atoms with Crippen molar-refractivity contribution in [2.45, 2.75) is 13.3 Å². The van der Waals surface area contributed by atoms with Crippen molar-refractivity contribution in [1.82, 2.24) is 0 Å². The van der Waals surface area contributed by atoms with Crippen LogP contribution in [0, 0.1) is 0 Å². The van der Waals surface area contributed by atoms with Gasteiger partial charge in [0.15, 0.2) is 0 Å². The van der Waals surface area contributed by atoms with Crippen LogP contribution < -0.4 is 4.90 Å². The van der Waals surface area contributed by atoms with Crippen molar-refractivity contribution in [3.8, 4) is 0 Å². The largest absolute Gasteiger partial charge is 0.377 e. The molecule has 0 aliphatic rings. The van der Waals surface area contributed by atoms with E-state index in [1.807, 2.05) is 6.08 Å². The van der Waals surface area contributed by atoms with Crippen LogP contribution in [0.3, 0.4) is 0 Å². The van der Waals surface area contributed by atoms with Gasteiger partial charge in [0.05, 0.1) is 0 Å². The molecule has 0 unspecified atom stereocenters. The number of hydrogen-bond donors (Lipinski definition) is 0. The lowest BCUT2D eigenvalue weighted by molar-refractivity contribution is 1.06. The highest BCUT2D eigenvalue weighted by molar-refractivity contribution is 5.64. The Morgan fingerprint density at radius 1 is 1.27 bits per heavy atom. The average molecular weight is 203 g/mol. The van der Waals surface area contributed by atoms with Crippen LogP contribution in [0.1, 0.15) is 18.1 Å². The molecule has 0 fully saturated rings. The molecule has 0 saturated heterocycles. The molecule has 0 radical (unpaired) electrons. The van der Waals surface area contributed by atoms with E-state index in [2.05, 4.69) is 63.9 Å². The molecule has 1 rings (SSSR count). The molecule has 0 aromatic heterocycles. The zero-order valence-electron chi connectivity index (χ0n) is 10.1. The monoisotopic (exact) mass is 203 g/mol. The van der Waals surface area contributed by atoms with Crippen LogP contribution in [-0.2, 0) is 6.42 Å². The van der Waals surface area contributed by atoms with Crippen molar-refractivity contribution in [1.29, 1.82) is 0 Å². The first-order valence-electron chi connectivity index (χ1n) is 5.12. The summed E-state index contributed by atoms with van der Waals surface area (Å²) in [7, 11) is 4.14. The first-order valence-corrected chi connectivity index (χ1v) is 5.12. The van der Waals surface area contributed by atoms with E-state index < -0.39 is 0 Å². The van der Waals surface area contributed by atoms with E-state index in [0.29, 0.717) is 0 Å². The van der Waals surface area contributed by atoms with Gasteiger partial charge >= 0.3 is 0 Å². The third kappa shape index (κ3) is 3.28. The first kappa shape index (κ1) is 13.5. The van der Waals surface area contributed by atoms with Crippen molar-refractivity contribution >= 4 is 11.8 Å². The first-order chi connectivity index (χ1) is 7.20. The third-order valence-corrected chi connectivity index (χ3v) is 2.24. The van der Waals surface area contributed by atoms with Gasteiger partial charge in [-0.25, -0.2) is 0 Å². The maximum Gasteiger partial charge on any atom is 0.0399 e. The zero-order valence-corrected chi connectivity index (χ0v) is 10.1. The average Bonchev–Trinajstić information content (AvgIpc) is 2.30. The van der Waals surface area contributed by atoms with Gasteiger partial charge in [0.25, 0.3) is 0 Å². The molecule has 0 amide bonds. The fourth-order valence-electron chi connectivity index (χ4n) is 1.59. The fourth-order valence-corrected chi connectivity index (χ4v) is 1.59. The van der Waals surface area contributed by atoms with E-state index in [1.165, 1.54) is 16.8 Å². The summed E-state index contributed by atoms with van der Waals surface area (Å²) in [6.45, 7) is 12.0. The predicted octanol–water partition coefficient (Wildman–Crippen LogP) is 3.76. The maximum atomic E-state index is 3.82. The van der Waals surface area contributed by atoms with Gasteiger partial charge in [-0.2, -0.15) is 0 Å². The molecule has 0 N–H and O–H groups in total. The highest BCUT2D eigenvalue weighted by atomic mass is 15.1. The molecule has 1 aromatic carbocycles. The van der Waals surface area contributed by atoms with Crippen LogP contribution in [0.5, 0.6) is 0 Å². The normalized spacial score (nSPS) is 8.73. The summed E-state index contributed by atoms with van der Waals surface area (Å²) in [5.74, 6) is 0. The molecule has 0 aliphatic heterocycles. The molecule has 0 spiro atoms. The Hall–Kier alpha value is -1.50. The summed E-state index contributed by atoms with van der Waals surface area (Å²) in [5, 5.41) is 0. The lowest BCUT2D eigenvalue weighted by atomic mass is 10.0. The fraction of sp³-hybridized carbons (Fsp3) is 0.286. The van der Waals surface area contributed by atoms with Crippen molar-refractivity contribution in [3.05, 3.63) is 49.1 Å². The number of anilines is 1. The summed E-state index contributed by atoms with van der Waals surface area (Å²) in [4.78, 5) is 2.14. The van der Waals surface area contributed by atoms with Crippen molar-refractivity contribution in [3.63, 3.8) is 0 Å². The Bertz CT molecular complexity index is 313. The summed E-state index contributed by atoms with van der Waals surface area (Å²) < 4.78 is 0. The Morgan fingerprint density at radius 2 is 1.87 bits per heavy atom. The van der Waals surface area contributed by atoms with Gasteiger partial charge in [0.2, 0.25) is 0 Å². The summed E-state index contributed by atoms with van der Waals surface area (Å²) in [6.07, 6.45) is 2.97. The maximum absolute atomic E-state index is 3.82. The molecule has 0 atom stereocenters.